The van der Waals surface area contributed by atoms with Crippen LogP contribution in [0.25, 0.3) is 0 Å². The fraction of sp³-hybridized carbons (Fsp3) is 0.100. The number of carbonyl (C=O) groups is 1. The third kappa shape index (κ3) is 3.13. The van der Waals surface area contributed by atoms with Gasteiger partial charge in [0.15, 0.2) is 0 Å². The van der Waals surface area contributed by atoms with Crippen LogP contribution in [0.5, 0.6) is 0 Å². The molecule has 0 fully saturated rings. The number of benzene rings is 1. The number of sulfonamides is 1. The van der Waals surface area contributed by atoms with Crippen molar-refractivity contribution in [3.05, 3.63) is 34.8 Å². The number of nitrogens with one attached hydrogen (secondary N) is 1. The predicted octanol–water partition coefficient (Wildman–Crippen LogP) is 0.746. The van der Waals surface area contributed by atoms with E-state index in [4.69, 9.17) is 5.14 Å². The lowest BCUT2D eigenvalue weighted by molar-refractivity contribution is 0.103. The third-order valence-electron chi connectivity index (χ3n) is 2.32. The van der Waals surface area contributed by atoms with Gasteiger partial charge in [0.25, 0.3) is 5.91 Å². The number of amides is 1. The van der Waals surface area contributed by atoms with Crippen LogP contribution in [0.3, 0.4) is 0 Å². The largest absolute Gasteiger partial charge is 0.321 e. The summed E-state index contributed by atoms with van der Waals surface area (Å²) < 4.78 is 26.1. The van der Waals surface area contributed by atoms with Gasteiger partial charge in [0.05, 0.1) is 11.1 Å². The molecule has 0 spiro atoms. The second-order valence-corrected chi connectivity index (χ2v) is 6.08. The Labute approximate surface area is 113 Å². The minimum Gasteiger partial charge on any atom is -0.321 e. The molecule has 1 aromatic heterocycles. The van der Waals surface area contributed by atoms with E-state index in [1.165, 1.54) is 24.4 Å². The lowest BCUT2D eigenvalue weighted by atomic mass is 10.2. The first-order valence-corrected chi connectivity index (χ1v) is 7.42. The van der Waals surface area contributed by atoms with Crippen LogP contribution in [0.15, 0.2) is 29.3 Å². The van der Waals surface area contributed by atoms with Crippen molar-refractivity contribution in [2.75, 3.05) is 5.32 Å². The Balaban J connectivity index is 2.24. The number of rotatable bonds is 3. The van der Waals surface area contributed by atoms with Crippen molar-refractivity contribution in [1.29, 1.82) is 0 Å². The highest BCUT2D eigenvalue weighted by atomic mass is 32.2. The van der Waals surface area contributed by atoms with Crippen LogP contribution in [0.1, 0.15) is 15.2 Å². The predicted molar refractivity (Wildman–Crippen MR) is 70.4 cm³/mol. The molecule has 3 N–H and O–H groups in total. The fourth-order valence-corrected chi connectivity index (χ4v) is 2.68. The van der Waals surface area contributed by atoms with E-state index in [9.17, 15) is 13.2 Å². The van der Waals surface area contributed by atoms with Gasteiger partial charge in [-0.15, -0.1) is 5.10 Å². The monoisotopic (exact) mass is 298 g/mol. The number of hydrogen-bond acceptors (Lipinski definition) is 6. The number of nitrogens with two attached hydrogens (primary N) is 1. The van der Waals surface area contributed by atoms with Crippen molar-refractivity contribution < 1.29 is 13.2 Å². The summed E-state index contributed by atoms with van der Waals surface area (Å²) in [4.78, 5) is 12.1. The molecule has 0 atom stereocenters. The molecule has 0 bridgehead atoms. The van der Waals surface area contributed by atoms with E-state index in [1.807, 2.05) is 0 Å². The molecule has 100 valence electrons. The van der Waals surface area contributed by atoms with E-state index in [1.54, 1.807) is 6.92 Å². The van der Waals surface area contributed by atoms with Crippen LogP contribution in [0, 0.1) is 6.92 Å². The van der Waals surface area contributed by atoms with Crippen LogP contribution in [0.2, 0.25) is 0 Å². The highest BCUT2D eigenvalue weighted by Crippen LogP contribution is 2.19. The number of primary sulfonamides is 1. The average Bonchev–Trinajstić information content (AvgIpc) is 2.80. The molecule has 0 unspecified atom stereocenters. The summed E-state index contributed by atoms with van der Waals surface area (Å²) >= 11 is 0.973. The maximum absolute atomic E-state index is 11.7. The molecule has 0 radical (unpaired) electrons. The van der Waals surface area contributed by atoms with Gasteiger partial charge >= 0.3 is 0 Å². The third-order valence-corrected chi connectivity index (χ3v) is 4.06. The molecule has 19 heavy (non-hydrogen) atoms. The topological polar surface area (TPSA) is 115 Å². The maximum atomic E-state index is 11.7. The van der Waals surface area contributed by atoms with Gasteiger partial charge in [0.2, 0.25) is 10.0 Å². The van der Waals surface area contributed by atoms with Crippen LogP contribution in [-0.2, 0) is 10.0 Å². The Kier molecular flexibility index (Phi) is 3.60. The molecule has 1 amide bonds. The molecule has 1 heterocycles. The molecule has 2 rings (SSSR count). The molecule has 0 saturated heterocycles. The minimum absolute atomic E-state index is 0.0324. The zero-order chi connectivity index (χ0) is 14.0. The number of carbonyl (C=O) groups excluding carboxylic acids is 1. The van der Waals surface area contributed by atoms with Gasteiger partial charge < -0.3 is 5.32 Å². The van der Waals surface area contributed by atoms with E-state index in [0.29, 0.717) is 16.1 Å². The van der Waals surface area contributed by atoms with E-state index < -0.39 is 10.0 Å². The summed E-state index contributed by atoms with van der Waals surface area (Å²) in [5, 5.41) is 11.2. The van der Waals surface area contributed by atoms with Crippen molar-refractivity contribution >= 4 is 33.2 Å². The second-order valence-electron chi connectivity index (χ2n) is 3.76. The van der Waals surface area contributed by atoms with Crippen molar-refractivity contribution in [1.82, 2.24) is 9.59 Å². The minimum atomic E-state index is -3.75. The quantitative estimate of drug-likeness (QED) is 0.867. The number of aromatic nitrogens is 2. The van der Waals surface area contributed by atoms with Gasteiger partial charge in [-0.05, 0) is 42.2 Å². The van der Waals surface area contributed by atoms with Crippen molar-refractivity contribution in [3.63, 3.8) is 0 Å². The molecule has 0 saturated carbocycles. The van der Waals surface area contributed by atoms with Crippen LogP contribution in [-0.4, -0.2) is 23.9 Å². The summed E-state index contributed by atoms with van der Waals surface area (Å²) in [5.41, 5.74) is 0.936. The Bertz CT molecular complexity index is 710. The number of anilines is 1. The summed E-state index contributed by atoms with van der Waals surface area (Å²) in [6.07, 6.45) is 1.35. The van der Waals surface area contributed by atoms with E-state index in [0.717, 1.165) is 11.5 Å². The summed E-state index contributed by atoms with van der Waals surface area (Å²) in [6.45, 7) is 1.60. The van der Waals surface area contributed by atoms with E-state index in [-0.39, 0.29) is 10.8 Å². The second kappa shape index (κ2) is 5.03. The molecule has 0 aliphatic rings. The van der Waals surface area contributed by atoms with Crippen molar-refractivity contribution in [2.24, 2.45) is 5.14 Å². The molecule has 2 aromatic rings. The highest BCUT2D eigenvalue weighted by molar-refractivity contribution is 7.89. The fourth-order valence-electron chi connectivity index (χ4n) is 1.51. The Morgan fingerprint density at radius 2 is 2.16 bits per heavy atom. The van der Waals surface area contributed by atoms with Gasteiger partial charge in [0.1, 0.15) is 4.88 Å². The lowest BCUT2D eigenvalue weighted by Crippen LogP contribution is -2.15. The number of hydrogen-bond donors (Lipinski definition) is 2. The lowest BCUT2D eigenvalue weighted by Gasteiger charge is -2.07. The summed E-state index contributed by atoms with van der Waals surface area (Å²) in [7, 11) is -3.75. The van der Waals surface area contributed by atoms with Gasteiger partial charge in [-0.3, -0.25) is 4.79 Å². The first-order valence-electron chi connectivity index (χ1n) is 5.10. The summed E-state index contributed by atoms with van der Waals surface area (Å²) in [5.74, 6) is -0.349. The maximum Gasteiger partial charge on any atom is 0.269 e. The van der Waals surface area contributed by atoms with Crippen LogP contribution < -0.4 is 10.5 Å². The zero-order valence-electron chi connectivity index (χ0n) is 9.82. The van der Waals surface area contributed by atoms with E-state index in [2.05, 4.69) is 14.9 Å². The van der Waals surface area contributed by atoms with Crippen molar-refractivity contribution in [2.45, 2.75) is 11.8 Å². The SMILES string of the molecule is Cc1cc(NC(=O)c2cnns2)ccc1S(N)(=O)=O. The first-order chi connectivity index (χ1) is 8.88. The van der Waals surface area contributed by atoms with E-state index >= 15 is 0 Å². The number of aryl methyl sites for hydroxylation is 1. The first kappa shape index (κ1) is 13.6. The molecule has 9 heteroatoms. The smallest absolute Gasteiger partial charge is 0.269 e. The molecule has 1 aromatic carbocycles. The number of nitrogens with zero attached hydrogens (tertiary/aromatic N) is 2. The normalized spacial score (nSPS) is 11.3. The molecule has 0 aliphatic carbocycles. The molecule has 0 aliphatic heterocycles. The highest BCUT2D eigenvalue weighted by Gasteiger charge is 2.13. The Morgan fingerprint density at radius 3 is 2.68 bits per heavy atom. The van der Waals surface area contributed by atoms with Gasteiger partial charge in [-0.2, -0.15) is 0 Å². The van der Waals surface area contributed by atoms with Gasteiger partial charge in [-0.25, -0.2) is 13.6 Å². The molecular formula is C10H10N4O3S2. The summed E-state index contributed by atoms with van der Waals surface area (Å²) in [6, 6.07) is 4.36. The molecular weight excluding hydrogens is 288 g/mol. The van der Waals surface area contributed by atoms with Gasteiger partial charge in [-0.1, -0.05) is 4.49 Å². The van der Waals surface area contributed by atoms with Crippen LogP contribution >= 0.6 is 11.5 Å². The van der Waals surface area contributed by atoms with Gasteiger partial charge in [0, 0.05) is 5.69 Å². The molecule has 7 nitrogen and oxygen atoms in total. The average molecular weight is 298 g/mol. The zero-order valence-corrected chi connectivity index (χ0v) is 11.5. The standard InChI is InChI=1S/C10H10N4O3S2/c1-6-4-7(2-3-9(6)19(11,16)17)13-10(15)8-5-12-14-18-8/h2-5H,1H3,(H,13,15)(H2,11,16,17). The van der Waals surface area contributed by atoms with Crippen LogP contribution in [0.4, 0.5) is 5.69 Å². The van der Waals surface area contributed by atoms with Crippen molar-refractivity contribution in [3.8, 4) is 0 Å². The Hall–Kier alpha value is -1.84. The Morgan fingerprint density at radius 1 is 1.42 bits per heavy atom.